The second kappa shape index (κ2) is 9.51. The van der Waals surface area contributed by atoms with E-state index in [2.05, 4.69) is 19.9 Å². The summed E-state index contributed by atoms with van der Waals surface area (Å²) in [5, 5.41) is 8.50. The van der Waals surface area contributed by atoms with Crippen LogP contribution in [0.3, 0.4) is 0 Å². The van der Waals surface area contributed by atoms with Gasteiger partial charge in [0.25, 0.3) is 0 Å². The SMILES string of the molecule is Cc1ccc(C(=N)C2CCN(C(=O)C3CCN(Cc4cnc(N)nc4)CC3)CC2)nc1. The molecule has 8 nitrogen and oxygen atoms in total. The highest BCUT2D eigenvalue weighted by Gasteiger charge is 2.32. The Morgan fingerprint density at radius 3 is 2.26 bits per heavy atom. The molecular weight excluding hydrogens is 390 g/mol. The number of hydrogen-bond donors (Lipinski definition) is 2. The molecule has 3 N–H and O–H groups in total. The average Bonchev–Trinajstić information content (AvgIpc) is 2.81. The lowest BCUT2D eigenvalue weighted by molar-refractivity contribution is -0.138. The Labute approximate surface area is 183 Å². The Kier molecular flexibility index (Phi) is 6.56. The van der Waals surface area contributed by atoms with E-state index >= 15 is 0 Å². The van der Waals surface area contributed by atoms with Gasteiger partial charge in [-0.25, -0.2) is 9.97 Å². The molecule has 31 heavy (non-hydrogen) atoms. The maximum Gasteiger partial charge on any atom is 0.225 e. The fourth-order valence-corrected chi connectivity index (χ4v) is 4.53. The van der Waals surface area contributed by atoms with Crippen LogP contribution in [0.25, 0.3) is 0 Å². The standard InChI is InChI=1S/C23H31N7O/c1-16-2-3-20(26-12-16)21(24)18-6-10-30(11-7-18)22(31)19-4-8-29(9-5-19)15-17-13-27-23(25)28-14-17/h2-3,12-14,18-19,24H,4-11,15H2,1H3,(H2,25,27,28). The van der Waals surface area contributed by atoms with Crippen LogP contribution in [0, 0.1) is 24.2 Å². The van der Waals surface area contributed by atoms with E-state index in [9.17, 15) is 4.79 Å². The number of likely N-dealkylation sites (tertiary alicyclic amines) is 2. The van der Waals surface area contributed by atoms with Gasteiger partial charge in [0.05, 0.1) is 11.4 Å². The number of nitrogen functional groups attached to an aromatic ring is 1. The average molecular weight is 422 g/mol. The van der Waals surface area contributed by atoms with Crippen molar-refractivity contribution in [1.82, 2.24) is 24.8 Å². The minimum atomic E-state index is 0.105. The Bertz CT molecular complexity index is 897. The van der Waals surface area contributed by atoms with Crippen LogP contribution < -0.4 is 5.73 Å². The first-order chi connectivity index (χ1) is 15.0. The van der Waals surface area contributed by atoms with Gasteiger partial charge in [-0.2, -0.15) is 0 Å². The number of hydrogen-bond acceptors (Lipinski definition) is 7. The number of carbonyl (C=O) groups is 1. The monoisotopic (exact) mass is 421 g/mol. The van der Waals surface area contributed by atoms with Gasteiger partial charge in [0.2, 0.25) is 11.9 Å². The van der Waals surface area contributed by atoms with E-state index < -0.39 is 0 Å². The molecule has 4 rings (SSSR count). The summed E-state index contributed by atoms with van der Waals surface area (Å²) in [5.74, 6) is 0.868. The lowest BCUT2D eigenvalue weighted by Gasteiger charge is -2.37. The van der Waals surface area contributed by atoms with Gasteiger partial charge in [-0.1, -0.05) is 6.07 Å². The third kappa shape index (κ3) is 5.25. The number of pyridine rings is 1. The molecule has 0 bridgehead atoms. The summed E-state index contributed by atoms with van der Waals surface area (Å²) in [5.41, 5.74) is 9.06. The molecule has 2 aromatic heterocycles. The number of piperidine rings is 2. The van der Waals surface area contributed by atoms with Crippen molar-refractivity contribution in [1.29, 1.82) is 5.41 Å². The van der Waals surface area contributed by atoms with Crippen molar-refractivity contribution in [3.8, 4) is 0 Å². The normalized spacial score (nSPS) is 18.8. The first kappa shape index (κ1) is 21.4. The van der Waals surface area contributed by atoms with Crippen LogP contribution in [-0.4, -0.2) is 62.5 Å². The number of nitrogens with one attached hydrogen (secondary N) is 1. The van der Waals surface area contributed by atoms with Crippen LogP contribution in [0.4, 0.5) is 5.95 Å². The zero-order chi connectivity index (χ0) is 21.8. The van der Waals surface area contributed by atoms with Gasteiger partial charge >= 0.3 is 0 Å². The maximum absolute atomic E-state index is 13.0. The molecule has 1 amide bonds. The predicted octanol–water partition coefficient (Wildman–Crippen LogP) is 2.28. The lowest BCUT2D eigenvalue weighted by atomic mass is 9.88. The second-order valence-electron chi connectivity index (χ2n) is 8.73. The summed E-state index contributed by atoms with van der Waals surface area (Å²) in [6.45, 7) is 6.08. The van der Waals surface area contributed by atoms with Crippen molar-refractivity contribution in [3.63, 3.8) is 0 Å². The van der Waals surface area contributed by atoms with Crippen molar-refractivity contribution in [2.75, 3.05) is 31.9 Å². The van der Waals surface area contributed by atoms with E-state index in [1.54, 1.807) is 12.4 Å². The maximum atomic E-state index is 13.0. The largest absolute Gasteiger partial charge is 0.368 e. The Balaban J connectivity index is 1.23. The third-order valence-corrected chi connectivity index (χ3v) is 6.47. The third-order valence-electron chi connectivity index (χ3n) is 6.47. The molecule has 2 saturated heterocycles. The predicted molar refractivity (Wildman–Crippen MR) is 120 cm³/mol. The lowest BCUT2D eigenvalue weighted by Crippen LogP contribution is -2.46. The number of rotatable bonds is 5. The highest BCUT2D eigenvalue weighted by Crippen LogP contribution is 2.26. The Morgan fingerprint density at radius 1 is 1.00 bits per heavy atom. The minimum Gasteiger partial charge on any atom is -0.368 e. The van der Waals surface area contributed by atoms with Gasteiger partial charge in [0.15, 0.2) is 0 Å². The summed E-state index contributed by atoms with van der Waals surface area (Å²) in [7, 11) is 0. The molecule has 0 spiro atoms. The molecule has 2 aliphatic heterocycles. The van der Waals surface area contributed by atoms with Crippen LogP contribution in [-0.2, 0) is 11.3 Å². The van der Waals surface area contributed by atoms with E-state index in [1.807, 2.05) is 30.2 Å². The van der Waals surface area contributed by atoms with Crippen molar-refractivity contribution in [3.05, 3.63) is 47.5 Å². The Morgan fingerprint density at radius 2 is 1.65 bits per heavy atom. The molecule has 4 heterocycles. The molecular formula is C23H31N7O. The van der Waals surface area contributed by atoms with Crippen molar-refractivity contribution < 1.29 is 4.79 Å². The quantitative estimate of drug-likeness (QED) is 0.717. The number of aryl methyl sites for hydroxylation is 1. The molecule has 164 valence electrons. The molecule has 0 radical (unpaired) electrons. The molecule has 8 heteroatoms. The summed E-state index contributed by atoms with van der Waals surface area (Å²) in [6, 6.07) is 3.93. The van der Waals surface area contributed by atoms with Crippen LogP contribution >= 0.6 is 0 Å². The van der Waals surface area contributed by atoms with Crippen LogP contribution in [0.1, 0.15) is 42.5 Å². The summed E-state index contributed by atoms with van der Waals surface area (Å²) < 4.78 is 0. The highest BCUT2D eigenvalue weighted by atomic mass is 16.2. The first-order valence-corrected chi connectivity index (χ1v) is 11.1. The topological polar surface area (TPSA) is 112 Å². The molecule has 0 saturated carbocycles. The summed E-state index contributed by atoms with van der Waals surface area (Å²) in [6.07, 6.45) is 8.82. The molecule has 2 fully saturated rings. The van der Waals surface area contributed by atoms with Crippen molar-refractivity contribution in [2.24, 2.45) is 11.8 Å². The molecule has 0 aromatic carbocycles. The van der Waals surface area contributed by atoms with Gasteiger partial charge in [-0.15, -0.1) is 0 Å². The molecule has 2 aromatic rings. The first-order valence-electron chi connectivity index (χ1n) is 11.1. The van der Waals surface area contributed by atoms with Crippen LogP contribution in [0.2, 0.25) is 0 Å². The number of anilines is 1. The fraction of sp³-hybridized carbons (Fsp3) is 0.522. The summed E-state index contributed by atoms with van der Waals surface area (Å²) >= 11 is 0. The van der Waals surface area contributed by atoms with Crippen molar-refractivity contribution >= 4 is 17.6 Å². The van der Waals surface area contributed by atoms with Gasteiger partial charge in [-0.3, -0.25) is 14.7 Å². The zero-order valence-electron chi connectivity index (χ0n) is 18.1. The van der Waals surface area contributed by atoms with E-state index in [0.29, 0.717) is 11.7 Å². The number of amides is 1. The van der Waals surface area contributed by atoms with E-state index in [4.69, 9.17) is 11.1 Å². The van der Waals surface area contributed by atoms with Gasteiger partial charge < -0.3 is 16.0 Å². The summed E-state index contributed by atoms with van der Waals surface area (Å²) in [4.78, 5) is 29.9. The number of nitrogens with zero attached hydrogens (tertiary/aromatic N) is 5. The van der Waals surface area contributed by atoms with E-state index in [-0.39, 0.29) is 17.7 Å². The zero-order valence-corrected chi connectivity index (χ0v) is 18.1. The van der Waals surface area contributed by atoms with Gasteiger partial charge in [0, 0.05) is 55.6 Å². The Hall–Kier alpha value is -2.87. The van der Waals surface area contributed by atoms with Crippen molar-refractivity contribution in [2.45, 2.75) is 39.2 Å². The van der Waals surface area contributed by atoms with Gasteiger partial charge in [0.1, 0.15) is 0 Å². The highest BCUT2D eigenvalue weighted by molar-refractivity contribution is 5.98. The molecule has 0 aliphatic carbocycles. The fourth-order valence-electron chi connectivity index (χ4n) is 4.53. The second-order valence-corrected chi connectivity index (χ2v) is 8.73. The van der Waals surface area contributed by atoms with E-state index in [1.165, 1.54) is 0 Å². The van der Waals surface area contributed by atoms with E-state index in [0.717, 1.165) is 75.2 Å². The van der Waals surface area contributed by atoms with Gasteiger partial charge in [-0.05, 0) is 57.3 Å². The van der Waals surface area contributed by atoms with Crippen LogP contribution in [0.15, 0.2) is 30.7 Å². The number of carbonyl (C=O) groups excluding carboxylic acids is 1. The number of aromatic nitrogens is 3. The smallest absolute Gasteiger partial charge is 0.225 e. The number of nitrogens with two attached hydrogens (primary N) is 1. The van der Waals surface area contributed by atoms with Crippen LogP contribution in [0.5, 0.6) is 0 Å². The molecule has 0 atom stereocenters. The molecule has 0 unspecified atom stereocenters. The minimum absolute atomic E-state index is 0.105. The molecule has 2 aliphatic rings.